The highest BCUT2D eigenvalue weighted by molar-refractivity contribution is 5.76. The summed E-state index contributed by atoms with van der Waals surface area (Å²) in [5.41, 5.74) is 3.79. The molecule has 1 aliphatic heterocycles. The normalized spacial score (nSPS) is 28.7. The van der Waals surface area contributed by atoms with Crippen molar-refractivity contribution in [1.29, 1.82) is 0 Å². The summed E-state index contributed by atoms with van der Waals surface area (Å²) < 4.78 is 0. The molecule has 2 N–H and O–H groups in total. The van der Waals surface area contributed by atoms with Gasteiger partial charge in [0.15, 0.2) is 0 Å². The number of aliphatic hydroxyl groups is 2. The number of amides is 1. The van der Waals surface area contributed by atoms with Gasteiger partial charge in [0, 0.05) is 31.8 Å². The van der Waals surface area contributed by atoms with Crippen LogP contribution in [0.5, 0.6) is 0 Å². The van der Waals surface area contributed by atoms with Crippen LogP contribution in [0.1, 0.15) is 62.5 Å². The Labute approximate surface area is 193 Å². The van der Waals surface area contributed by atoms with Crippen molar-refractivity contribution in [3.63, 3.8) is 0 Å². The van der Waals surface area contributed by atoms with Gasteiger partial charge in [-0.1, -0.05) is 53.6 Å². The topological polar surface area (TPSA) is 60.8 Å². The fourth-order valence-electron chi connectivity index (χ4n) is 5.96. The van der Waals surface area contributed by atoms with Crippen molar-refractivity contribution < 1.29 is 15.0 Å². The second-order valence-corrected chi connectivity index (χ2v) is 10.2. The Hall–Kier alpha value is -1.91. The maximum Gasteiger partial charge on any atom is 0.222 e. The number of allylic oxidation sites excluding steroid dienone is 2. The largest absolute Gasteiger partial charge is 0.392 e. The lowest BCUT2D eigenvalue weighted by atomic mass is 9.88. The van der Waals surface area contributed by atoms with Crippen LogP contribution >= 0.6 is 0 Å². The van der Waals surface area contributed by atoms with Gasteiger partial charge in [0.05, 0.1) is 12.2 Å². The maximum atomic E-state index is 12.4. The summed E-state index contributed by atoms with van der Waals surface area (Å²) in [6.07, 6.45) is 14.0. The average Bonchev–Trinajstić information content (AvgIpc) is 3.29. The van der Waals surface area contributed by atoms with E-state index in [9.17, 15) is 15.0 Å². The number of nitrogens with zero attached hydrogens (tertiary/aromatic N) is 1. The standard InChI is InChI=1S/C28H39NO3/c1-20-7-5-8-21(15-20)17-24(30)11-12-25-26-18-22(16-23(26)19-27(25)31)9-6-10-28(32)29-13-3-2-4-14-29/h5,7-8,11-12,15-16,23-27,30-31H,2-4,6,9-10,13-14,17-19H2,1H3/b12-11+/t23-,24-,25+,26-,27+/m0/s1. The molecule has 1 aromatic rings. The third-order valence-electron chi connectivity index (χ3n) is 7.63. The molecule has 2 aliphatic carbocycles. The number of carbonyl (C=O) groups excluding carboxylic acids is 1. The van der Waals surface area contributed by atoms with Crippen LogP contribution < -0.4 is 0 Å². The molecule has 0 radical (unpaired) electrons. The number of aliphatic hydroxyl groups excluding tert-OH is 2. The summed E-state index contributed by atoms with van der Waals surface area (Å²) in [5, 5.41) is 21.1. The first kappa shape index (κ1) is 23.3. The first-order chi connectivity index (χ1) is 15.5. The van der Waals surface area contributed by atoms with E-state index in [0.717, 1.165) is 57.2 Å². The van der Waals surface area contributed by atoms with Crippen molar-refractivity contribution in [2.24, 2.45) is 17.8 Å². The lowest BCUT2D eigenvalue weighted by molar-refractivity contribution is -0.132. The van der Waals surface area contributed by atoms with E-state index in [2.05, 4.69) is 31.2 Å². The number of hydrogen-bond donors (Lipinski definition) is 2. The van der Waals surface area contributed by atoms with Crippen LogP contribution in [0, 0.1) is 24.7 Å². The van der Waals surface area contributed by atoms with Crippen LogP contribution in [0.2, 0.25) is 0 Å². The smallest absolute Gasteiger partial charge is 0.222 e. The Morgan fingerprint density at radius 2 is 2.06 bits per heavy atom. The lowest BCUT2D eigenvalue weighted by Gasteiger charge is -2.26. The number of piperidine rings is 1. The number of aryl methyl sites for hydroxylation is 1. The SMILES string of the molecule is Cc1cccc(C[C@@H](O)/C=C/[C@@H]2[C@H]3CC(CCCC(=O)N4CCCCC4)=C[C@H]3C[C@H]2O)c1. The van der Waals surface area contributed by atoms with E-state index >= 15 is 0 Å². The summed E-state index contributed by atoms with van der Waals surface area (Å²) >= 11 is 0. The van der Waals surface area contributed by atoms with Crippen LogP contribution in [0.25, 0.3) is 0 Å². The highest BCUT2D eigenvalue weighted by Gasteiger charge is 2.43. The minimum atomic E-state index is -0.530. The van der Waals surface area contributed by atoms with E-state index < -0.39 is 6.10 Å². The van der Waals surface area contributed by atoms with Crippen molar-refractivity contribution in [2.45, 2.75) is 76.9 Å². The third kappa shape index (κ3) is 5.90. The van der Waals surface area contributed by atoms with Gasteiger partial charge in [0.1, 0.15) is 0 Å². The zero-order valence-electron chi connectivity index (χ0n) is 19.5. The van der Waals surface area contributed by atoms with Gasteiger partial charge in [-0.2, -0.15) is 0 Å². The second kappa shape index (κ2) is 10.8. The van der Waals surface area contributed by atoms with Crippen molar-refractivity contribution in [1.82, 2.24) is 4.90 Å². The number of carbonyl (C=O) groups is 1. The van der Waals surface area contributed by atoms with Gasteiger partial charge in [0.25, 0.3) is 0 Å². The first-order valence-electron chi connectivity index (χ1n) is 12.6. The monoisotopic (exact) mass is 437 g/mol. The molecule has 0 spiro atoms. The fraction of sp³-hybridized carbons (Fsp3) is 0.607. The summed E-state index contributed by atoms with van der Waals surface area (Å²) in [4.78, 5) is 14.4. The van der Waals surface area contributed by atoms with E-state index in [-0.39, 0.29) is 12.0 Å². The molecule has 1 aromatic carbocycles. The summed E-state index contributed by atoms with van der Waals surface area (Å²) in [5.74, 6) is 1.29. The Kier molecular flexibility index (Phi) is 7.85. The molecule has 2 fully saturated rings. The van der Waals surface area contributed by atoms with Crippen LogP contribution in [-0.2, 0) is 11.2 Å². The number of fused-ring (bicyclic) bond motifs is 1. The molecule has 1 amide bonds. The van der Waals surface area contributed by atoms with E-state index in [1.807, 2.05) is 23.1 Å². The fourth-order valence-corrected chi connectivity index (χ4v) is 5.96. The quantitative estimate of drug-likeness (QED) is 0.585. The Morgan fingerprint density at radius 1 is 1.25 bits per heavy atom. The van der Waals surface area contributed by atoms with Crippen LogP contribution in [0.4, 0.5) is 0 Å². The third-order valence-corrected chi connectivity index (χ3v) is 7.63. The van der Waals surface area contributed by atoms with Gasteiger partial charge in [-0.25, -0.2) is 0 Å². The van der Waals surface area contributed by atoms with Gasteiger partial charge in [-0.05, 0) is 69.3 Å². The van der Waals surface area contributed by atoms with E-state index in [1.165, 1.54) is 17.6 Å². The zero-order valence-corrected chi connectivity index (χ0v) is 19.5. The summed E-state index contributed by atoms with van der Waals surface area (Å²) in [7, 11) is 0. The molecule has 4 nitrogen and oxygen atoms in total. The Morgan fingerprint density at radius 3 is 2.84 bits per heavy atom. The zero-order chi connectivity index (χ0) is 22.5. The van der Waals surface area contributed by atoms with E-state index in [1.54, 1.807) is 0 Å². The van der Waals surface area contributed by atoms with Gasteiger partial charge < -0.3 is 15.1 Å². The van der Waals surface area contributed by atoms with Gasteiger partial charge in [-0.3, -0.25) is 4.79 Å². The Balaban J connectivity index is 1.24. The van der Waals surface area contributed by atoms with Crippen molar-refractivity contribution in [2.75, 3.05) is 13.1 Å². The van der Waals surface area contributed by atoms with Crippen LogP contribution in [0.15, 0.2) is 48.1 Å². The summed E-state index contributed by atoms with van der Waals surface area (Å²) in [6, 6.07) is 8.25. The molecule has 4 rings (SSSR count). The van der Waals surface area contributed by atoms with Crippen molar-refractivity contribution >= 4 is 5.91 Å². The number of likely N-dealkylation sites (tertiary alicyclic amines) is 1. The molecule has 3 aliphatic rings. The first-order valence-corrected chi connectivity index (χ1v) is 12.6. The molecule has 0 aromatic heterocycles. The van der Waals surface area contributed by atoms with Crippen molar-refractivity contribution in [3.05, 3.63) is 59.2 Å². The molecule has 0 bridgehead atoms. The molecule has 1 heterocycles. The van der Waals surface area contributed by atoms with Gasteiger partial charge in [0.2, 0.25) is 5.91 Å². The predicted molar refractivity (Wildman–Crippen MR) is 128 cm³/mol. The maximum absolute atomic E-state index is 12.4. The number of hydrogen-bond acceptors (Lipinski definition) is 3. The van der Waals surface area contributed by atoms with Crippen molar-refractivity contribution in [3.8, 4) is 0 Å². The van der Waals surface area contributed by atoms with Crippen LogP contribution in [0.3, 0.4) is 0 Å². The molecule has 0 unspecified atom stereocenters. The molecular weight excluding hydrogens is 398 g/mol. The number of benzene rings is 1. The molecule has 5 atom stereocenters. The van der Waals surface area contributed by atoms with Gasteiger partial charge in [-0.15, -0.1) is 0 Å². The minimum Gasteiger partial charge on any atom is -0.392 e. The summed E-state index contributed by atoms with van der Waals surface area (Å²) in [6.45, 7) is 3.94. The van der Waals surface area contributed by atoms with Gasteiger partial charge >= 0.3 is 0 Å². The molecule has 1 saturated carbocycles. The lowest BCUT2D eigenvalue weighted by Crippen LogP contribution is -2.35. The molecule has 174 valence electrons. The highest BCUT2D eigenvalue weighted by atomic mass is 16.3. The van der Waals surface area contributed by atoms with E-state index in [4.69, 9.17) is 0 Å². The number of rotatable bonds is 8. The van der Waals surface area contributed by atoms with E-state index in [0.29, 0.717) is 30.6 Å². The predicted octanol–water partition coefficient (Wildman–Crippen LogP) is 4.58. The average molecular weight is 438 g/mol. The highest BCUT2D eigenvalue weighted by Crippen LogP contribution is 2.48. The molecule has 4 heteroatoms. The van der Waals surface area contributed by atoms with Crippen LogP contribution in [-0.4, -0.2) is 46.3 Å². The minimum absolute atomic E-state index is 0.107. The second-order valence-electron chi connectivity index (χ2n) is 10.2. The molecule has 32 heavy (non-hydrogen) atoms. The Bertz CT molecular complexity index is 839. The molecule has 1 saturated heterocycles. The molecular formula is C28H39NO3.